The molecule has 0 saturated carbocycles. The molecule has 0 aliphatic heterocycles. The molecule has 0 aliphatic rings. The minimum Gasteiger partial charge on any atom is -0.331 e. The Hall–Kier alpha value is -4.24. The van der Waals surface area contributed by atoms with E-state index in [1.807, 2.05) is 87.5 Å². The first-order valence-electron chi connectivity index (χ1n) is 12.4. The van der Waals surface area contributed by atoms with Crippen molar-refractivity contribution in [2.45, 2.75) is 26.3 Å². The molecule has 0 bridgehead atoms. The lowest BCUT2D eigenvalue weighted by atomic mass is 9.93. The van der Waals surface area contributed by atoms with Crippen molar-refractivity contribution in [1.29, 1.82) is 0 Å². The summed E-state index contributed by atoms with van der Waals surface area (Å²) in [5.41, 5.74) is 5.59. The average Bonchev–Trinajstić information content (AvgIpc) is 2.91. The van der Waals surface area contributed by atoms with Crippen LogP contribution in [0.2, 0.25) is 0 Å². The molecule has 1 nitrogen and oxygen atoms in total. The van der Waals surface area contributed by atoms with E-state index in [0.717, 1.165) is 27.8 Å². The van der Waals surface area contributed by atoms with Gasteiger partial charge in [-0.25, -0.2) is 8.78 Å². The fraction of sp³-hybridized carbons (Fsp3) is 0.118. The highest BCUT2D eigenvalue weighted by Crippen LogP contribution is 2.44. The molecule has 5 aromatic carbocycles. The third kappa shape index (κ3) is 5.03. The van der Waals surface area contributed by atoms with Gasteiger partial charge in [-0.2, -0.15) is 0 Å². The fourth-order valence-corrected chi connectivity index (χ4v) is 4.77. The minimum absolute atomic E-state index is 0.339. The zero-order valence-electron chi connectivity index (χ0n) is 21.3. The van der Waals surface area contributed by atoms with Crippen molar-refractivity contribution in [2.24, 2.45) is 0 Å². The van der Waals surface area contributed by atoms with E-state index in [1.165, 1.54) is 6.07 Å². The summed E-state index contributed by atoms with van der Waals surface area (Å²) in [5.74, 6) is -0.793. The number of para-hydroxylation sites is 1. The fourth-order valence-electron chi connectivity index (χ4n) is 4.77. The van der Waals surface area contributed by atoms with Crippen molar-refractivity contribution in [1.82, 2.24) is 0 Å². The molecular formula is C34H29F2N. The number of anilines is 2. The third-order valence-electron chi connectivity index (χ3n) is 6.46. The second-order valence-electron chi connectivity index (χ2n) is 10.1. The van der Waals surface area contributed by atoms with E-state index in [-0.39, 0.29) is 0 Å². The molecule has 0 aliphatic carbocycles. The van der Waals surface area contributed by atoms with E-state index in [0.29, 0.717) is 16.9 Å². The van der Waals surface area contributed by atoms with Crippen molar-refractivity contribution in [3.05, 3.63) is 133 Å². The number of hydrogen-bond acceptors (Lipinski definition) is 1. The van der Waals surface area contributed by atoms with Crippen LogP contribution in [0, 0.1) is 11.6 Å². The van der Waals surface area contributed by atoms with Crippen LogP contribution in [0.3, 0.4) is 0 Å². The first-order chi connectivity index (χ1) is 17.8. The Kier molecular flexibility index (Phi) is 6.62. The van der Waals surface area contributed by atoms with E-state index in [4.69, 9.17) is 0 Å². The number of nitrogens with zero attached hydrogens (tertiary/aromatic N) is 1. The summed E-state index contributed by atoms with van der Waals surface area (Å²) in [4.78, 5) is 1.77. The summed E-state index contributed by atoms with van der Waals surface area (Å²) in [7, 11) is 0. The summed E-state index contributed by atoms with van der Waals surface area (Å²) >= 11 is 0. The van der Waals surface area contributed by atoms with Crippen LogP contribution in [0.1, 0.15) is 20.8 Å². The molecule has 0 radical (unpaired) electrons. The number of benzene rings is 5. The van der Waals surface area contributed by atoms with Crippen LogP contribution in [-0.2, 0) is 0 Å². The Labute approximate surface area is 217 Å². The molecule has 0 fully saturated rings. The molecule has 0 atom stereocenters. The topological polar surface area (TPSA) is 3.24 Å². The third-order valence-corrected chi connectivity index (χ3v) is 6.46. The van der Waals surface area contributed by atoms with Crippen molar-refractivity contribution < 1.29 is 8.78 Å². The van der Waals surface area contributed by atoms with Gasteiger partial charge in [0.15, 0.2) is 0 Å². The number of rotatable bonds is 5. The molecule has 37 heavy (non-hydrogen) atoms. The predicted molar refractivity (Wildman–Crippen MR) is 151 cm³/mol. The Morgan fingerprint density at radius 3 is 1.54 bits per heavy atom. The lowest BCUT2D eigenvalue weighted by Gasteiger charge is -2.39. The van der Waals surface area contributed by atoms with Gasteiger partial charge in [0, 0.05) is 11.1 Å². The average molecular weight is 490 g/mol. The maximum absolute atomic E-state index is 16.3. The molecule has 5 rings (SSSR count). The summed E-state index contributed by atoms with van der Waals surface area (Å²) in [6.45, 7) is 5.89. The lowest BCUT2D eigenvalue weighted by molar-refractivity contribution is 0.527. The van der Waals surface area contributed by atoms with Gasteiger partial charge in [-0.1, -0.05) is 97.1 Å². The minimum atomic E-state index is -0.592. The molecular weight excluding hydrogens is 460 g/mol. The molecule has 0 N–H and O–H groups in total. The zero-order valence-corrected chi connectivity index (χ0v) is 21.3. The van der Waals surface area contributed by atoms with E-state index in [1.54, 1.807) is 29.2 Å². The number of halogens is 2. The van der Waals surface area contributed by atoms with Crippen LogP contribution in [0.4, 0.5) is 20.2 Å². The first kappa shape index (κ1) is 24.5. The highest BCUT2D eigenvalue weighted by molar-refractivity contribution is 5.88. The van der Waals surface area contributed by atoms with Crippen LogP contribution in [0.25, 0.3) is 33.4 Å². The van der Waals surface area contributed by atoms with Gasteiger partial charge in [0.1, 0.15) is 11.6 Å². The molecule has 0 saturated heterocycles. The highest BCUT2D eigenvalue weighted by Gasteiger charge is 2.31. The molecule has 0 amide bonds. The number of hydrogen-bond donors (Lipinski definition) is 0. The van der Waals surface area contributed by atoms with Gasteiger partial charge in [0.2, 0.25) is 0 Å². The SMILES string of the molecule is CC(C)(C)N(c1ccccc1F)c1c(F)cc(-c2ccc(-c3ccccc3)cc2)cc1-c1ccccc1. The van der Waals surface area contributed by atoms with Gasteiger partial charge >= 0.3 is 0 Å². The Balaban J connectivity index is 1.69. The van der Waals surface area contributed by atoms with Gasteiger partial charge < -0.3 is 4.90 Å². The second-order valence-corrected chi connectivity index (χ2v) is 10.1. The highest BCUT2D eigenvalue weighted by atomic mass is 19.1. The molecule has 0 aromatic heterocycles. The van der Waals surface area contributed by atoms with E-state index < -0.39 is 17.2 Å². The molecule has 3 heteroatoms. The van der Waals surface area contributed by atoms with Crippen molar-refractivity contribution >= 4 is 11.4 Å². The van der Waals surface area contributed by atoms with Crippen LogP contribution in [0.15, 0.2) is 121 Å². The van der Waals surface area contributed by atoms with Crippen LogP contribution >= 0.6 is 0 Å². The maximum atomic E-state index is 16.3. The van der Waals surface area contributed by atoms with E-state index >= 15 is 8.78 Å². The quantitative estimate of drug-likeness (QED) is 0.237. The van der Waals surface area contributed by atoms with E-state index in [9.17, 15) is 0 Å². The summed E-state index contributed by atoms with van der Waals surface area (Å²) in [6, 6.07) is 38.1. The Morgan fingerprint density at radius 2 is 0.973 bits per heavy atom. The first-order valence-corrected chi connectivity index (χ1v) is 12.4. The lowest BCUT2D eigenvalue weighted by Crippen LogP contribution is -2.39. The molecule has 0 heterocycles. The molecule has 5 aromatic rings. The monoisotopic (exact) mass is 489 g/mol. The van der Waals surface area contributed by atoms with Gasteiger partial charge in [0.05, 0.1) is 11.4 Å². The Morgan fingerprint density at radius 1 is 0.486 bits per heavy atom. The smallest absolute Gasteiger partial charge is 0.148 e. The second kappa shape index (κ2) is 10.0. The van der Waals surface area contributed by atoms with Crippen molar-refractivity contribution in [3.63, 3.8) is 0 Å². The van der Waals surface area contributed by atoms with Crippen LogP contribution < -0.4 is 4.90 Å². The van der Waals surface area contributed by atoms with Gasteiger partial charge in [-0.05, 0) is 72.9 Å². The van der Waals surface area contributed by atoms with Crippen molar-refractivity contribution in [3.8, 4) is 33.4 Å². The normalized spacial score (nSPS) is 11.4. The van der Waals surface area contributed by atoms with Gasteiger partial charge in [-0.15, -0.1) is 0 Å². The van der Waals surface area contributed by atoms with Crippen LogP contribution in [-0.4, -0.2) is 5.54 Å². The predicted octanol–water partition coefficient (Wildman–Crippen LogP) is 9.90. The van der Waals surface area contributed by atoms with E-state index in [2.05, 4.69) is 24.3 Å². The summed E-state index contributed by atoms with van der Waals surface area (Å²) in [6.07, 6.45) is 0. The summed E-state index contributed by atoms with van der Waals surface area (Å²) in [5, 5.41) is 0. The largest absolute Gasteiger partial charge is 0.331 e. The standard InChI is InChI=1S/C34H29F2N/c1-34(2,3)37(32-17-11-10-16-30(32)35)33-29(27-14-8-5-9-15-27)22-28(23-31(33)36)26-20-18-25(19-21-26)24-12-6-4-7-13-24/h4-23H,1-3H3. The molecule has 0 spiro atoms. The van der Waals surface area contributed by atoms with Crippen molar-refractivity contribution in [2.75, 3.05) is 4.90 Å². The summed E-state index contributed by atoms with van der Waals surface area (Å²) < 4.78 is 31.3. The molecule has 0 unspecified atom stereocenters. The Bertz CT molecular complexity index is 1500. The zero-order chi connectivity index (χ0) is 26.0. The molecule has 184 valence electrons. The van der Waals surface area contributed by atoms with Crippen LogP contribution in [0.5, 0.6) is 0 Å². The van der Waals surface area contributed by atoms with Gasteiger partial charge in [0.25, 0.3) is 0 Å². The maximum Gasteiger partial charge on any atom is 0.148 e. The van der Waals surface area contributed by atoms with Gasteiger partial charge in [-0.3, -0.25) is 0 Å².